The molecule has 46 heavy (non-hydrogen) atoms. The van der Waals surface area contributed by atoms with Crippen molar-refractivity contribution in [1.29, 1.82) is 0 Å². The number of piperazine rings is 1. The maximum Gasteiger partial charge on any atom is 0.416 e. The molecule has 2 aromatic heterocycles. The average molecular weight is 632 g/mol. The quantitative estimate of drug-likeness (QED) is 0.316. The summed E-state index contributed by atoms with van der Waals surface area (Å²) in [5, 5.41) is 17.3. The third-order valence-corrected chi connectivity index (χ3v) is 8.62. The minimum absolute atomic E-state index is 0.0932. The highest BCUT2D eigenvalue weighted by Crippen LogP contribution is 2.33. The molecule has 0 aliphatic carbocycles. The highest BCUT2D eigenvalue weighted by atomic mass is 19.4. The molecule has 2 saturated heterocycles. The van der Waals surface area contributed by atoms with E-state index in [9.17, 15) is 23.1 Å². The molecule has 0 unspecified atom stereocenters. The number of halogens is 3. The number of nitrogens with one attached hydrogen (secondary N) is 1. The van der Waals surface area contributed by atoms with Crippen LogP contribution in [-0.2, 0) is 12.7 Å². The normalized spacial score (nSPS) is 16.8. The van der Waals surface area contributed by atoms with Crippen molar-refractivity contribution >= 4 is 23.1 Å². The van der Waals surface area contributed by atoms with Crippen molar-refractivity contribution in [3.8, 4) is 11.8 Å². The Balaban J connectivity index is 1.22. The molecular formula is C34H36F3N7O2. The zero-order valence-corrected chi connectivity index (χ0v) is 25.8. The number of hydrogen-bond acceptors (Lipinski definition) is 7. The van der Waals surface area contributed by atoms with Crippen molar-refractivity contribution in [3.05, 3.63) is 88.2 Å². The number of alkyl halides is 3. The minimum atomic E-state index is -4.55. The van der Waals surface area contributed by atoms with Crippen molar-refractivity contribution < 1.29 is 23.1 Å². The van der Waals surface area contributed by atoms with Gasteiger partial charge in [0, 0.05) is 62.6 Å². The molecule has 2 aliphatic heterocycles. The van der Waals surface area contributed by atoms with Gasteiger partial charge in [0.05, 0.1) is 17.9 Å². The van der Waals surface area contributed by atoms with Crippen LogP contribution in [0.15, 0.2) is 54.7 Å². The fraction of sp³-hybridized carbons (Fsp3) is 0.382. The van der Waals surface area contributed by atoms with E-state index in [1.54, 1.807) is 41.9 Å². The standard InChI is InChI=1S/C34H36F3N7O2/c1-23-25(6-7-28-21-38-31-8-9-32(40-44(28)31)43-12-10-29(45)11-13-43)4-3-5-30(23)33(46)39-27-19-24(18-26(20-27)34(35,36)37)22-42-16-14-41(2)15-17-42/h3-5,8-9,18-21,29,45H,10-17,22H2,1-2H3,(H,39,46). The van der Waals surface area contributed by atoms with Gasteiger partial charge in [0.1, 0.15) is 11.5 Å². The maximum atomic E-state index is 13.8. The number of aromatic nitrogens is 3. The number of benzene rings is 2. The number of nitrogens with zero attached hydrogens (tertiary/aromatic N) is 6. The Morgan fingerprint density at radius 1 is 1.02 bits per heavy atom. The summed E-state index contributed by atoms with van der Waals surface area (Å²) in [6, 6.07) is 12.6. The molecule has 240 valence electrons. The molecular weight excluding hydrogens is 595 g/mol. The number of carbonyl (C=O) groups is 1. The Kier molecular flexibility index (Phi) is 8.99. The van der Waals surface area contributed by atoms with Crippen LogP contribution in [0.4, 0.5) is 24.7 Å². The number of carbonyl (C=O) groups excluding carboxylic acids is 1. The molecule has 6 rings (SSSR count). The van der Waals surface area contributed by atoms with Gasteiger partial charge in [-0.1, -0.05) is 12.0 Å². The second-order valence-electron chi connectivity index (χ2n) is 12.0. The smallest absolute Gasteiger partial charge is 0.393 e. The third kappa shape index (κ3) is 7.17. The summed E-state index contributed by atoms with van der Waals surface area (Å²) in [5.74, 6) is 6.50. The Morgan fingerprint density at radius 2 is 1.78 bits per heavy atom. The molecule has 2 N–H and O–H groups in total. The van der Waals surface area contributed by atoms with Crippen LogP contribution in [0.1, 0.15) is 51.1 Å². The van der Waals surface area contributed by atoms with Crippen molar-refractivity contribution in [2.45, 2.75) is 38.6 Å². The lowest BCUT2D eigenvalue weighted by molar-refractivity contribution is -0.137. The Hall–Kier alpha value is -4.44. The molecule has 2 aromatic carbocycles. The SMILES string of the molecule is Cc1c(C#Cc2cnc3ccc(N4CCC(O)CC4)nn23)cccc1C(=O)Nc1cc(CN2CCN(C)CC2)cc(C(F)(F)F)c1. The molecule has 4 heterocycles. The van der Waals surface area contributed by atoms with E-state index in [1.165, 1.54) is 0 Å². The van der Waals surface area contributed by atoms with E-state index in [0.717, 1.165) is 44.1 Å². The predicted octanol–water partition coefficient (Wildman–Crippen LogP) is 4.42. The van der Waals surface area contributed by atoms with Crippen LogP contribution in [0.2, 0.25) is 0 Å². The summed E-state index contributed by atoms with van der Waals surface area (Å²) in [5.41, 5.74) is 2.52. The van der Waals surface area contributed by atoms with Gasteiger partial charge >= 0.3 is 6.18 Å². The molecule has 12 heteroatoms. The topological polar surface area (TPSA) is 89.2 Å². The van der Waals surface area contributed by atoms with Gasteiger partial charge in [0.2, 0.25) is 0 Å². The zero-order valence-electron chi connectivity index (χ0n) is 25.8. The second-order valence-corrected chi connectivity index (χ2v) is 12.0. The first-order chi connectivity index (χ1) is 22.0. The molecule has 0 bridgehead atoms. The fourth-order valence-corrected chi connectivity index (χ4v) is 5.84. The third-order valence-electron chi connectivity index (χ3n) is 8.62. The zero-order chi connectivity index (χ0) is 32.4. The average Bonchev–Trinajstić information content (AvgIpc) is 3.43. The van der Waals surface area contributed by atoms with E-state index in [1.807, 2.05) is 19.2 Å². The number of imidazole rings is 1. The van der Waals surface area contributed by atoms with Crippen LogP contribution in [-0.4, -0.2) is 87.8 Å². The van der Waals surface area contributed by atoms with Gasteiger partial charge in [0.25, 0.3) is 5.91 Å². The van der Waals surface area contributed by atoms with Crippen LogP contribution in [0, 0.1) is 18.8 Å². The van der Waals surface area contributed by atoms with Gasteiger partial charge in [-0.25, -0.2) is 9.50 Å². The van der Waals surface area contributed by atoms with Gasteiger partial charge in [-0.05, 0) is 86.3 Å². The molecule has 1 amide bonds. The van der Waals surface area contributed by atoms with Crippen molar-refractivity contribution in [2.75, 3.05) is 56.5 Å². The first-order valence-electron chi connectivity index (χ1n) is 15.4. The largest absolute Gasteiger partial charge is 0.416 e. The summed E-state index contributed by atoms with van der Waals surface area (Å²) in [6.45, 7) is 6.77. The first kappa shape index (κ1) is 31.5. The van der Waals surface area contributed by atoms with Crippen molar-refractivity contribution in [3.63, 3.8) is 0 Å². The van der Waals surface area contributed by atoms with E-state index in [4.69, 9.17) is 5.10 Å². The number of amides is 1. The number of fused-ring (bicyclic) bond motifs is 1. The van der Waals surface area contributed by atoms with Gasteiger partial charge in [-0.15, -0.1) is 5.10 Å². The summed E-state index contributed by atoms with van der Waals surface area (Å²) >= 11 is 0. The molecule has 2 fully saturated rings. The van der Waals surface area contributed by atoms with E-state index < -0.39 is 17.6 Å². The Morgan fingerprint density at radius 3 is 2.52 bits per heavy atom. The number of aliphatic hydroxyl groups is 1. The number of likely N-dealkylation sites (N-methyl/N-ethyl adjacent to an activating group) is 1. The highest BCUT2D eigenvalue weighted by molar-refractivity contribution is 6.05. The van der Waals surface area contributed by atoms with Crippen LogP contribution in [0.3, 0.4) is 0 Å². The van der Waals surface area contributed by atoms with Crippen molar-refractivity contribution in [2.24, 2.45) is 0 Å². The van der Waals surface area contributed by atoms with E-state index >= 15 is 0 Å². The number of hydrogen-bond donors (Lipinski definition) is 2. The van der Waals surface area contributed by atoms with Gasteiger partial charge in [0.15, 0.2) is 5.65 Å². The van der Waals surface area contributed by atoms with E-state index in [0.29, 0.717) is 66.1 Å². The molecule has 0 saturated carbocycles. The molecule has 4 aromatic rings. The van der Waals surface area contributed by atoms with Crippen LogP contribution in [0.5, 0.6) is 0 Å². The Bertz CT molecular complexity index is 1790. The maximum absolute atomic E-state index is 13.8. The minimum Gasteiger partial charge on any atom is -0.393 e. The molecule has 0 radical (unpaired) electrons. The number of piperidine rings is 1. The number of aliphatic hydroxyl groups excluding tert-OH is 1. The second kappa shape index (κ2) is 13.1. The lowest BCUT2D eigenvalue weighted by atomic mass is 10.0. The Labute approximate surface area is 265 Å². The summed E-state index contributed by atoms with van der Waals surface area (Å²) in [6.07, 6.45) is -1.83. The number of anilines is 2. The molecule has 2 aliphatic rings. The molecule has 9 nitrogen and oxygen atoms in total. The lowest BCUT2D eigenvalue weighted by Gasteiger charge is -2.32. The van der Waals surface area contributed by atoms with Gasteiger partial charge in [-0.2, -0.15) is 13.2 Å². The first-order valence-corrected chi connectivity index (χ1v) is 15.4. The summed E-state index contributed by atoms with van der Waals surface area (Å²) in [7, 11) is 2.02. The number of rotatable bonds is 5. The van der Waals surface area contributed by atoms with Crippen LogP contribution >= 0.6 is 0 Å². The summed E-state index contributed by atoms with van der Waals surface area (Å²) < 4.78 is 43.1. The van der Waals surface area contributed by atoms with Gasteiger partial charge < -0.3 is 20.2 Å². The monoisotopic (exact) mass is 631 g/mol. The van der Waals surface area contributed by atoms with Crippen LogP contribution < -0.4 is 10.2 Å². The summed E-state index contributed by atoms with van der Waals surface area (Å²) in [4.78, 5) is 24.2. The highest BCUT2D eigenvalue weighted by Gasteiger charge is 2.32. The van der Waals surface area contributed by atoms with E-state index in [2.05, 4.69) is 36.8 Å². The lowest BCUT2D eigenvalue weighted by Crippen LogP contribution is -2.43. The van der Waals surface area contributed by atoms with Crippen LogP contribution in [0.25, 0.3) is 5.65 Å². The fourth-order valence-electron chi connectivity index (χ4n) is 5.84. The molecule has 0 spiro atoms. The predicted molar refractivity (Wildman–Crippen MR) is 170 cm³/mol. The van der Waals surface area contributed by atoms with Gasteiger partial charge in [-0.3, -0.25) is 9.69 Å². The molecule has 0 atom stereocenters. The van der Waals surface area contributed by atoms with E-state index in [-0.39, 0.29) is 11.8 Å². The van der Waals surface area contributed by atoms with Crippen molar-refractivity contribution in [1.82, 2.24) is 24.4 Å².